The van der Waals surface area contributed by atoms with Crippen molar-refractivity contribution in [3.05, 3.63) is 84.6 Å². The number of anilines is 2. The van der Waals surface area contributed by atoms with Crippen molar-refractivity contribution in [1.29, 1.82) is 0 Å². The molecule has 0 unspecified atom stereocenters. The largest absolute Gasteiger partial charge is 0.476 e. The summed E-state index contributed by atoms with van der Waals surface area (Å²) in [4.78, 5) is 38.5. The Labute approximate surface area is 153 Å². The molecule has 0 atom stereocenters. The minimum absolute atomic E-state index is 0.0288. The number of benzene rings is 1. The third-order valence-corrected chi connectivity index (χ3v) is 3.93. The number of imidazole rings is 1. The van der Waals surface area contributed by atoms with Crippen LogP contribution < -0.4 is 4.90 Å². The highest BCUT2D eigenvalue weighted by Gasteiger charge is 2.26. The second-order valence-electron chi connectivity index (χ2n) is 5.60. The zero-order valence-corrected chi connectivity index (χ0v) is 13.9. The molecule has 132 valence electrons. The van der Waals surface area contributed by atoms with E-state index in [2.05, 4.69) is 15.0 Å². The summed E-state index contributed by atoms with van der Waals surface area (Å²) in [5.74, 6) is -1.07. The van der Waals surface area contributed by atoms with Gasteiger partial charge in [0.25, 0.3) is 5.91 Å². The van der Waals surface area contributed by atoms with Gasteiger partial charge in [0.2, 0.25) is 5.78 Å². The number of pyridine rings is 1. The summed E-state index contributed by atoms with van der Waals surface area (Å²) in [6.45, 7) is 0. The molecule has 27 heavy (non-hydrogen) atoms. The first kappa shape index (κ1) is 16.4. The van der Waals surface area contributed by atoms with Crippen molar-refractivity contribution in [2.45, 2.75) is 0 Å². The Bertz CT molecular complexity index is 1140. The molecule has 0 saturated carbocycles. The van der Waals surface area contributed by atoms with Crippen LogP contribution in [0.4, 0.5) is 11.5 Å². The van der Waals surface area contributed by atoms with Gasteiger partial charge in [0, 0.05) is 24.8 Å². The Morgan fingerprint density at radius 1 is 0.926 bits per heavy atom. The number of aromatic carboxylic acids is 1. The van der Waals surface area contributed by atoms with Crippen molar-refractivity contribution in [3.63, 3.8) is 0 Å². The number of carboxylic acid groups (broad SMARTS) is 1. The van der Waals surface area contributed by atoms with Crippen molar-refractivity contribution >= 4 is 29.2 Å². The molecule has 1 N–H and O–H groups in total. The third kappa shape index (κ3) is 2.99. The number of amides is 1. The molecule has 0 aliphatic rings. The number of carboxylic acids is 1. The Kier molecular flexibility index (Phi) is 4.06. The summed E-state index contributed by atoms with van der Waals surface area (Å²) in [5.41, 5.74) is 0.204. The van der Waals surface area contributed by atoms with Crippen molar-refractivity contribution in [2.75, 3.05) is 4.90 Å². The maximum atomic E-state index is 13.3. The Morgan fingerprint density at radius 3 is 2.52 bits per heavy atom. The normalized spacial score (nSPS) is 10.7. The number of hydrogen-bond acceptors (Lipinski definition) is 5. The Hall–Kier alpha value is -4.07. The van der Waals surface area contributed by atoms with Crippen LogP contribution in [-0.4, -0.2) is 36.3 Å². The number of carbonyl (C=O) groups is 2. The fraction of sp³-hybridized carbons (Fsp3) is 0. The molecule has 4 rings (SSSR count). The quantitative estimate of drug-likeness (QED) is 0.601. The smallest absolute Gasteiger partial charge is 0.355 e. The lowest BCUT2D eigenvalue weighted by molar-refractivity contribution is 0.0685. The van der Waals surface area contributed by atoms with E-state index in [9.17, 15) is 14.7 Å². The molecule has 0 spiro atoms. The number of nitrogens with zero attached hydrogens (tertiary/aromatic N) is 5. The second-order valence-corrected chi connectivity index (χ2v) is 5.60. The number of hydrogen-bond donors (Lipinski definition) is 1. The SMILES string of the molecule is O=C(O)c1ncccc1C(=O)N(c1ccccc1)c1ccn2ccnc2n1. The molecule has 0 saturated heterocycles. The van der Waals surface area contributed by atoms with Crippen molar-refractivity contribution in [2.24, 2.45) is 0 Å². The van der Waals surface area contributed by atoms with E-state index in [1.54, 1.807) is 53.3 Å². The van der Waals surface area contributed by atoms with Gasteiger partial charge in [0.05, 0.1) is 11.3 Å². The maximum absolute atomic E-state index is 13.3. The van der Waals surface area contributed by atoms with Crippen LogP contribution in [0.2, 0.25) is 0 Å². The van der Waals surface area contributed by atoms with Gasteiger partial charge in [0.1, 0.15) is 5.82 Å². The minimum atomic E-state index is -1.27. The Balaban J connectivity index is 1.88. The summed E-state index contributed by atoms with van der Waals surface area (Å²) < 4.78 is 1.71. The Morgan fingerprint density at radius 2 is 1.74 bits per heavy atom. The molecule has 8 nitrogen and oxygen atoms in total. The number of carbonyl (C=O) groups excluding carboxylic acids is 1. The lowest BCUT2D eigenvalue weighted by Gasteiger charge is -2.22. The lowest BCUT2D eigenvalue weighted by atomic mass is 10.1. The summed E-state index contributed by atoms with van der Waals surface area (Å²) >= 11 is 0. The van der Waals surface area contributed by atoms with Crippen molar-refractivity contribution in [1.82, 2.24) is 19.4 Å². The van der Waals surface area contributed by atoms with Crippen molar-refractivity contribution in [3.8, 4) is 0 Å². The average Bonchev–Trinajstić information content (AvgIpc) is 3.17. The van der Waals surface area contributed by atoms with E-state index in [1.165, 1.54) is 23.2 Å². The number of para-hydroxylation sites is 1. The second kappa shape index (κ2) is 6.68. The van der Waals surface area contributed by atoms with E-state index in [1.807, 2.05) is 6.07 Å². The topological polar surface area (TPSA) is 101 Å². The van der Waals surface area contributed by atoms with E-state index < -0.39 is 11.9 Å². The number of fused-ring (bicyclic) bond motifs is 1. The van der Waals surface area contributed by atoms with Gasteiger partial charge in [-0.05, 0) is 30.3 Å². The first-order chi connectivity index (χ1) is 13.1. The summed E-state index contributed by atoms with van der Waals surface area (Å²) in [6, 6.07) is 13.5. The molecule has 3 heterocycles. The van der Waals surface area contributed by atoms with E-state index in [0.717, 1.165) is 0 Å². The van der Waals surface area contributed by atoms with E-state index in [0.29, 0.717) is 17.3 Å². The fourth-order valence-electron chi connectivity index (χ4n) is 2.72. The minimum Gasteiger partial charge on any atom is -0.476 e. The summed E-state index contributed by atoms with van der Waals surface area (Å²) in [7, 11) is 0. The van der Waals surface area contributed by atoms with Gasteiger partial charge in [-0.2, -0.15) is 4.98 Å². The fourth-order valence-corrected chi connectivity index (χ4v) is 2.72. The van der Waals surface area contributed by atoms with Crippen molar-refractivity contribution < 1.29 is 14.7 Å². The molecule has 0 bridgehead atoms. The number of aromatic nitrogens is 4. The standard InChI is InChI=1S/C19H13N5O3/c25-17(14-7-4-9-20-16(14)18(26)27)24(13-5-2-1-3-6-13)15-8-11-23-12-10-21-19(23)22-15/h1-12H,(H,26,27). The highest BCUT2D eigenvalue weighted by molar-refractivity contribution is 6.14. The van der Waals surface area contributed by atoms with E-state index in [-0.39, 0.29) is 11.3 Å². The van der Waals surface area contributed by atoms with Crippen LogP contribution in [0.3, 0.4) is 0 Å². The first-order valence-electron chi connectivity index (χ1n) is 8.02. The predicted octanol–water partition coefficient (Wildman–Crippen LogP) is 2.80. The van der Waals surface area contributed by atoms with Crippen LogP contribution in [0.5, 0.6) is 0 Å². The van der Waals surface area contributed by atoms with E-state index in [4.69, 9.17) is 0 Å². The molecule has 0 fully saturated rings. The van der Waals surface area contributed by atoms with Gasteiger partial charge in [-0.15, -0.1) is 0 Å². The molecule has 0 radical (unpaired) electrons. The zero-order valence-electron chi connectivity index (χ0n) is 13.9. The molecular formula is C19H13N5O3. The molecule has 3 aromatic heterocycles. The van der Waals surface area contributed by atoms with Crippen LogP contribution in [0.1, 0.15) is 20.8 Å². The molecule has 1 aromatic carbocycles. The van der Waals surface area contributed by atoms with Crippen LogP contribution >= 0.6 is 0 Å². The molecule has 8 heteroatoms. The van der Waals surface area contributed by atoms with Gasteiger partial charge in [-0.25, -0.2) is 14.8 Å². The lowest BCUT2D eigenvalue weighted by Crippen LogP contribution is -2.29. The van der Waals surface area contributed by atoms with Gasteiger partial charge in [0.15, 0.2) is 5.69 Å². The average molecular weight is 359 g/mol. The van der Waals surface area contributed by atoms with Gasteiger partial charge in [-0.3, -0.25) is 14.1 Å². The molecule has 1 amide bonds. The van der Waals surface area contributed by atoms with Gasteiger partial charge < -0.3 is 5.11 Å². The predicted molar refractivity (Wildman–Crippen MR) is 97.1 cm³/mol. The van der Waals surface area contributed by atoms with Crippen LogP contribution in [-0.2, 0) is 0 Å². The van der Waals surface area contributed by atoms with Gasteiger partial charge >= 0.3 is 5.97 Å². The van der Waals surface area contributed by atoms with E-state index >= 15 is 0 Å². The molecular weight excluding hydrogens is 346 g/mol. The summed E-state index contributed by atoms with van der Waals surface area (Å²) in [5, 5.41) is 9.39. The first-order valence-corrected chi connectivity index (χ1v) is 8.02. The monoisotopic (exact) mass is 359 g/mol. The molecule has 0 aliphatic heterocycles. The summed E-state index contributed by atoms with van der Waals surface area (Å²) in [6.07, 6.45) is 6.41. The van der Waals surface area contributed by atoms with Gasteiger partial charge in [-0.1, -0.05) is 18.2 Å². The van der Waals surface area contributed by atoms with Crippen LogP contribution in [0.15, 0.2) is 73.3 Å². The highest BCUT2D eigenvalue weighted by atomic mass is 16.4. The third-order valence-electron chi connectivity index (χ3n) is 3.93. The zero-order chi connectivity index (χ0) is 18.8. The number of rotatable bonds is 4. The molecule has 4 aromatic rings. The van der Waals surface area contributed by atoms with Crippen LogP contribution in [0, 0.1) is 0 Å². The van der Waals surface area contributed by atoms with Crippen LogP contribution in [0.25, 0.3) is 5.78 Å². The maximum Gasteiger partial charge on any atom is 0.355 e. The highest BCUT2D eigenvalue weighted by Crippen LogP contribution is 2.26. The molecule has 0 aliphatic carbocycles.